The quantitative estimate of drug-likeness (QED) is 0.631. The molecule has 5 heteroatoms. The Hall–Kier alpha value is -1.30. The van der Waals surface area contributed by atoms with Crippen LogP contribution in [0.4, 0.5) is 8.78 Å². The van der Waals surface area contributed by atoms with Crippen LogP contribution in [0.25, 0.3) is 0 Å². The van der Waals surface area contributed by atoms with Gasteiger partial charge in [-0.25, -0.2) is 8.78 Å². The first-order valence-corrected chi connectivity index (χ1v) is 7.00. The molecule has 0 saturated carbocycles. The second kappa shape index (κ2) is 6.75. The van der Waals surface area contributed by atoms with Crippen LogP contribution in [0.2, 0.25) is 0 Å². The minimum atomic E-state index is -0.813. The predicted octanol–water partition coefficient (Wildman–Crippen LogP) is 3.03. The van der Waals surface area contributed by atoms with Gasteiger partial charge in [-0.1, -0.05) is 18.2 Å². The highest BCUT2D eigenvalue weighted by molar-refractivity contribution is 7.09. The largest absolute Gasteiger partial charge is 0.271 e. The van der Waals surface area contributed by atoms with E-state index in [1.54, 1.807) is 17.4 Å². The predicted molar refractivity (Wildman–Crippen MR) is 73.8 cm³/mol. The van der Waals surface area contributed by atoms with Crippen LogP contribution < -0.4 is 11.3 Å². The molecule has 0 saturated heterocycles. The molecule has 0 spiro atoms. The monoisotopic (exact) mass is 282 g/mol. The Morgan fingerprint density at radius 3 is 2.74 bits per heavy atom. The summed E-state index contributed by atoms with van der Waals surface area (Å²) in [4.78, 5) is 1.26. The van der Waals surface area contributed by atoms with E-state index in [9.17, 15) is 8.78 Å². The van der Waals surface area contributed by atoms with Crippen molar-refractivity contribution in [3.63, 3.8) is 0 Å². The number of hydrogen-bond donors (Lipinski definition) is 2. The van der Waals surface area contributed by atoms with Gasteiger partial charge in [0.25, 0.3) is 0 Å². The molecule has 1 aromatic carbocycles. The number of nitrogens with one attached hydrogen (secondary N) is 1. The molecule has 2 aromatic rings. The van der Waals surface area contributed by atoms with E-state index in [4.69, 9.17) is 5.84 Å². The molecule has 2 nitrogen and oxygen atoms in total. The summed E-state index contributed by atoms with van der Waals surface area (Å²) in [6, 6.07) is 8.21. The molecule has 3 N–H and O–H groups in total. The third kappa shape index (κ3) is 3.83. The van der Waals surface area contributed by atoms with Crippen LogP contribution in [-0.2, 0) is 12.8 Å². The molecule has 1 atom stereocenters. The van der Waals surface area contributed by atoms with E-state index in [0.717, 1.165) is 18.9 Å². The van der Waals surface area contributed by atoms with E-state index in [1.807, 2.05) is 11.4 Å². The van der Waals surface area contributed by atoms with Crippen LogP contribution in [0.5, 0.6) is 0 Å². The second-order valence-electron chi connectivity index (χ2n) is 4.40. The smallest absolute Gasteiger partial charge is 0.162 e. The Balaban J connectivity index is 1.96. The van der Waals surface area contributed by atoms with Gasteiger partial charge in [0.1, 0.15) is 0 Å². The lowest BCUT2D eigenvalue weighted by Crippen LogP contribution is -2.37. The van der Waals surface area contributed by atoms with Crippen molar-refractivity contribution in [1.29, 1.82) is 0 Å². The SMILES string of the molecule is NNC(CCc1cccs1)Cc1cccc(F)c1F. The van der Waals surface area contributed by atoms with Gasteiger partial charge < -0.3 is 0 Å². The molecule has 1 heterocycles. The Kier molecular flexibility index (Phi) is 5.01. The van der Waals surface area contributed by atoms with Crippen molar-refractivity contribution in [2.24, 2.45) is 5.84 Å². The first-order valence-electron chi connectivity index (χ1n) is 6.12. The van der Waals surface area contributed by atoms with Crippen LogP contribution in [0.3, 0.4) is 0 Å². The fraction of sp³-hybridized carbons (Fsp3) is 0.286. The van der Waals surface area contributed by atoms with E-state index >= 15 is 0 Å². The van der Waals surface area contributed by atoms with Gasteiger partial charge in [0.15, 0.2) is 11.6 Å². The van der Waals surface area contributed by atoms with Crippen molar-refractivity contribution in [2.75, 3.05) is 0 Å². The number of hydrazine groups is 1. The Labute approximate surface area is 115 Å². The average molecular weight is 282 g/mol. The summed E-state index contributed by atoms with van der Waals surface area (Å²) in [5.41, 5.74) is 3.03. The first-order chi connectivity index (χ1) is 9.20. The van der Waals surface area contributed by atoms with Crippen molar-refractivity contribution in [3.05, 3.63) is 57.8 Å². The molecular formula is C14H16F2N2S. The summed E-state index contributed by atoms with van der Waals surface area (Å²) in [5, 5.41) is 2.02. The number of thiophene rings is 1. The molecule has 0 fully saturated rings. The highest BCUT2D eigenvalue weighted by Crippen LogP contribution is 2.17. The average Bonchev–Trinajstić information content (AvgIpc) is 2.92. The van der Waals surface area contributed by atoms with Crippen molar-refractivity contribution >= 4 is 11.3 Å². The third-order valence-corrected chi connectivity index (χ3v) is 3.99. The van der Waals surface area contributed by atoms with E-state index in [-0.39, 0.29) is 6.04 Å². The molecule has 0 aliphatic carbocycles. The van der Waals surface area contributed by atoms with E-state index < -0.39 is 11.6 Å². The Morgan fingerprint density at radius 2 is 2.05 bits per heavy atom. The number of rotatable bonds is 6. The summed E-state index contributed by atoms with van der Waals surface area (Å²) in [5.74, 6) is 3.89. The van der Waals surface area contributed by atoms with Gasteiger partial charge in [-0.3, -0.25) is 11.3 Å². The minimum Gasteiger partial charge on any atom is -0.271 e. The molecule has 19 heavy (non-hydrogen) atoms. The second-order valence-corrected chi connectivity index (χ2v) is 5.43. The molecule has 102 valence electrons. The van der Waals surface area contributed by atoms with Gasteiger partial charge in [-0.05, 0) is 42.3 Å². The van der Waals surface area contributed by atoms with Crippen LogP contribution >= 0.6 is 11.3 Å². The zero-order chi connectivity index (χ0) is 13.7. The molecule has 0 aliphatic rings. The van der Waals surface area contributed by atoms with E-state index in [2.05, 4.69) is 11.5 Å². The van der Waals surface area contributed by atoms with Crippen LogP contribution in [0.1, 0.15) is 16.9 Å². The summed E-state index contributed by atoms with van der Waals surface area (Å²) >= 11 is 1.68. The zero-order valence-corrected chi connectivity index (χ0v) is 11.2. The fourth-order valence-corrected chi connectivity index (χ4v) is 2.71. The number of nitrogens with two attached hydrogens (primary N) is 1. The molecule has 2 rings (SSSR count). The molecule has 0 bridgehead atoms. The van der Waals surface area contributed by atoms with Gasteiger partial charge in [-0.2, -0.15) is 0 Å². The molecule has 1 aromatic heterocycles. The van der Waals surface area contributed by atoms with E-state index in [0.29, 0.717) is 12.0 Å². The van der Waals surface area contributed by atoms with Crippen molar-refractivity contribution in [3.8, 4) is 0 Å². The molecule has 0 aliphatic heterocycles. The Bertz CT molecular complexity index is 514. The van der Waals surface area contributed by atoms with Crippen molar-refractivity contribution in [2.45, 2.75) is 25.3 Å². The number of hydrogen-bond acceptors (Lipinski definition) is 3. The number of benzene rings is 1. The number of halogens is 2. The van der Waals surface area contributed by atoms with Crippen LogP contribution in [0.15, 0.2) is 35.7 Å². The minimum absolute atomic E-state index is 0.0709. The van der Waals surface area contributed by atoms with Gasteiger partial charge >= 0.3 is 0 Å². The first kappa shape index (κ1) is 14.1. The zero-order valence-electron chi connectivity index (χ0n) is 10.4. The van der Waals surface area contributed by atoms with Crippen molar-refractivity contribution < 1.29 is 8.78 Å². The van der Waals surface area contributed by atoms with Crippen LogP contribution in [0, 0.1) is 11.6 Å². The maximum atomic E-state index is 13.6. The lowest BCUT2D eigenvalue weighted by molar-refractivity contribution is 0.461. The highest BCUT2D eigenvalue weighted by Gasteiger charge is 2.13. The lowest BCUT2D eigenvalue weighted by Gasteiger charge is -2.16. The van der Waals surface area contributed by atoms with Gasteiger partial charge in [-0.15, -0.1) is 11.3 Å². The normalized spacial score (nSPS) is 12.6. The van der Waals surface area contributed by atoms with Crippen LogP contribution in [-0.4, -0.2) is 6.04 Å². The maximum absolute atomic E-state index is 13.6. The standard InChI is InChI=1S/C14H16F2N2S/c15-13-5-1-3-10(14(13)16)9-11(18-17)6-7-12-4-2-8-19-12/h1-5,8,11,18H,6-7,9,17H2. The van der Waals surface area contributed by atoms with Crippen molar-refractivity contribution in [1.82, 2.24) is 5.43 Å². The summed E-state index contributed by atoms with van der Waals surface area (Å²) in [7, 11) is 0. The highest BCUT2D eigenvalue weighted by atomic mass is 32.1. The van der Waals surface area contributed by atoms with Gasteiger partial charge in [0, 0.05) is 10.9 Å². The molecule has 0 radical (unpaired) electrons. The molecule has 1 unspecified atom stereocenters. The molecular weight excluding hydrogens is 266 g/mol. The Morgan fingerprint density at radius 1 is 1.21 bits per heavy atom. The van der Waals surface area contributed by atoms with Gasteiger partial charge in [0.05, 0.1) is 0 Å². The molecule has 0 amide bonds. The topological polar surface area (TPSA) is 38.0 Å². The summed E-state index contributed by atoms with van der Waals surface area (Å²) in [6.45, 7) is 0. The third-order valence-electron chi connectivity index (χ3n) is 3.05. The van der Waals surface area contributed by atoms with E-state index in [1.165, 1.54) is 10.9 Å². The fourth-order valence-electron chi connectivity index (χ4n) is 1.99. The summed E-state index contributed by atoms with van der Waals surface area (Å²) < 4.78 is 26.7. The lowest BCUT2D eigenvalue weighted by atomic mass is 10.0. The summed E-state index contributed by atoms with van der Waals surface area (Å²) in [6.07, 6.45) is 2.04. The maximum Gasteiger partial charge on any atom is 0.162 e. The number of aryl methyl sites for hydroxylation is 1. The van der Waals surface area contributed by atoms with Gasteiger partial charge in [0.2, 0.25) is 0 Å².